The number of H-pyrrole nitrogens is 1. The maximum absolute atomic E-state index is 4.37. The first kappa shape index (κ1) is 9.58. The standard InChI is InChI=1S/C11H12N4/c1-4-8(5-2)10-14-9-7(3)12-6-13-11(9)15-10/h4-6H,1H2,2-3H3,(H,12,13,14,15)/b8-5+. The fourth-order valence-electron chi connectivity index (χ4n) is 1.43. The summed E-state index contributed by atoms with van der Waals surface area (Å²) in [5.41, 5.74) is 3.44. The van der Waals surface area contributed by atoms with Crippen molar-refractivity contribution in [3.05, 3.63) is 36.6 Å². The lowest BCUT2D eigenvalue weighted by atomic mass is 10.2. The van der Waals surface area contributed by atoms with E-state index in [2.05, 4.69) is 26.5 Å². The van der Waals surface area contributed by atoms with E-state index in [4.69, 9.17) is 0 Å². The number of aromatic amines is 1. The SMILES string of the molecule is C=C/C(=C\C)c1nc2ncnc(C)c2[nH]1. The average molecular weight is 200 g/mol. The molecule has 0 unspecified atom stereocenters. The van der Waals surface area contributed by atoms with E-state index in [1.165, 1.54) is 6.33 Å². The Hall–Kier alpha value is -1.97. The zero-order chi connectivity index (χ0) is 10.8. The second-order valence-corrected chi connectivity index (χ2v) is 3.19. The third kappa shape index (κ3) is 1.54. The molecule has 2 aromatic rings. The number of allylic oxidation sites excluding steroid dienone is 3. The van der Waals surface area contributed by atoms with E-state index < -0.39 is 0 Å². The molecule has 4 heteroatoms. The molecule has 0 aromatic carbocycles. The molecule has 0 spiro atoms. The number of rotatable bonds is 2. The Balaban J connectivity index is 2.66. The molecule has 0 bridgehead atoms. The minimum absolute atomic E-state index is 0.693. The molecule has 0 radical (unpaired) electrons. The van der Waals surface area contributed by atoms with Crippen LogP contribution in [0.4, 0.5) is 0 Å². The van der Waals surface area contributed by atoms with Crippen molar-refractivity contribution < 1.29 is 0 Å². The number of nitrogens with one attached hydrogen (secondary N) is 1. The summed E-state index contributed by atoms with van der Waals surface area (Å²) in [6.07, 6.45) is 5.24. The van der Waals surface area contributed by atoms with Crippen molar-refractivity contribution in [3.8, 4) is 0 Å². The predicted octanol–water partition coefficient (Wildman–Crippen LogP) is 2.25. The third-order valence-electron chi connectivity index (χ3n) is 2.28. The molecule has 0 aliphatic heterocycles. The molecule has 2 aromatic heterocycles. The largest absolute Gasteiger partial charge is 0.335 e. The topological polar surface area (TPSA) is 54.5 Å². The van der Waals surface area contributed by atoms with Crippen LogP contribution >= 0.6 is 0 Å². The van der Waals surface area contributed by atoms with Gasteiger partial charge in [-0.2, -0.15) is 0 Å². The molecule has 0 fully saturated rings. The quantitative estimate of drug-likeness (QED) is 0.756. The van der Waals surface area contributed by atoms with Crippen LogP contribution in [0.5, 0.6) is 0 Å². The number of hydrogen-bond donors (Lipinski definition) is 1. The van der Waals surface area contributed by atoms with E-state index in [0.29, 0.717) is 5.65 Å². The van der Waals surface area contributed by atoms with Crippen molar-refractivity contribution in [2.24, 2.45) is 0 Å². The molecule has 0 saturated heterocycles. The number of aryl methyl sites for hydroxylation is 1. The highest BCUT2D eigenvalue weighted by molar-refractivity contribution is 5.79. The molecule has 0 saturated carbocycles. The van der Waals surface area contributed by atoms with Crippen LogP contribution in [0.25, 0.3) is 16.7 Å². The van der Waals surface area contributed by atoms with E-state index in [1.807, 2.05) is 19.9 Å². The molecule has 0 amide bonds. The second-order valence-electron chi connectivity index (χ2n) is 3.19. The molecule has 1 N–H and O–H groups in total. The van der Waals surface area contributed by atoms with Crippen molar-refractivity contribution >= 4 is 16.7 Å². The lowest BCUT2D eigenvalue weighted by Gasteiger charge is -1.93. The first-order valence-corrected chi connectivity index (χ1v) is 4.72. The highest BCUT2D eigenvalue weighted by atomic mass is 15.0. The normalized spacial score (nSPS) is 12.0. The van der Waals surface area contributed by atoms with Crippen LogP contribution in [0.15, 0.2) is 25.1 Å². The minimum Gasteiger partial charge on any atom is -0.335 e. The number of nitrogens with zero attached hydrogens (tertiary/aromatic N) is 3. The molecule has 2 rings (SSSR count). The number of aromatic nitrogens is 4. The van der Waals surface area contributed by atoms with Gasteiger partial charge in [0.05, 0.1) is 5.69 Å². The lowest BCUT2D eigenvalue weighted by molar-refractivity contribution is 1.14. The van der Waals surface area contributed by atoms with Gasteiger partial charge in [0.25, 0.3) is 0 Å². The van der Waals surface area contributed by atoms with Gasteiger partial charge in [-0.1, -0.05) is 18.7 Å². The van der Waals surface area contributed by atoms with E-state index in [-0.39, 0.29) is 0 Å². The molecular formula is C11H12N4. The summed E-state index contributed by atoms with van der Waals surface area (Å²) in [6, 6.07) is 0. The smallest absolute Gasteiger partial charge is 0.181 e. The summed E-state index contributed by atoms with van der Waals surface area (Å²) < 4.78 is 0. The molecule has 0 aliphatic carbocycles. The van der Waals surface area contributed by atoms with Gasteiger partial charge in [-0.15, -0.1) is 0 Å². The van der Waals surface area contributed by atoms with Gasteiger partial charge >= 0.3 is 0 Å². The summed E-state index contributed by atoms with van der Waals surface area (Å²) in [4.78, 5) is 15.8. The number of fused-ring (bicyclic) bond motifs is 1. The first-order valence-electron chi connectivity index (χ1n) is 4.72. The van der Waals surface area contributed by atoms with Crippen molar-refractivity contribution in [1.29, 1.82) is 0 Å². The maximum atomic E-state index is 4.37. The summed E-state index contributed by atoms with van der Waals surface area (Å²) in [5.74, 6) is 0.783. The fraction of sp³-hybridized carbons (Fsp3) is 0.182. The molecular weight excluding hydrogens is 188 g/mol. The molecule has 15 heavy (non-hydrogen) atoms. The lowest BCUT2D eigenvalue weighted by Crippen LogP contribution is -1.84. The Labute approximate surface area is 87.8 Å². The Morgan fingerprint density at radius 3 is 2.87 bits per heavy atom. The second kappa shape index (κ2) is 3.65. The van der Waals surface area contributed by atoms with Crippen LogP contribution in [-0.2, 0) is 0 Å². The number of hydrogen-bond acceptors (Lipinski definition) is 3. The maximum Gasteiger partial charge on any atom is 0.181 e. The van der Waals surface area contributed by atoms with Gasteiger partial charge in [0.1, 0.15) is 17.7 Å². The van der Waals surface area contributed by atoms with Crippen molar-refractivity contribution in [1.82, 2.24) is 19.9 Å². The van der Waals surface area contributed by atoms with Crippen LogP contribution < -0.4 is 0 Å². The van der Waals surface area contributed by atoms with Crippen molar-refractivity contribution in [2.75, 3.05) is 0 Å². The third-order valence-corrected chi connectivity index (χ3v) is 2.28. The zero-order valence-corrected chi connectivity index (χ0v) is 8.78. The van der Waals surface area contributed by atoms with Gasteiger partial charge < -0.3 is 4.98 Å². The van der Waals surface area contributed by atoms with Gasteiger partial charge in [-0.25, -0.2) is 15.0 Å². The van der Waals surface area contributed by atoms with Crippen LogP contribution in [0.2, 0.25) is 0 Å². The molecule has 4 nitrogen and oxygen atoms in total. The van der Waals surface area contributed by atoms with Crippen LogP contribution in [-0.4, -0.2) is 19.9 Å². The Morgan fingerprint density at radius 1 is 1.47 bits per heavy atom. The van der Waals surface area contributed by atoms with Crippen molar-refractivity contribution in [2.45, 2.75) is 13.8 Å². The van der Waals surface area contributed by atoms with E-state index >= 15 is 0 Å². The van der Waals surface area contributed by atoms with E-state index in [9.17, 15) is 0 Å². The van der Waals surface area contributed by atoms with Crippen LogP contribution in [0.1, 0.15) is 18.4 Å². The van der Waals surface area contributed by atoms with Gasteiger partial charge in [-0.05, 0) is 13.8 Å². The summed E-state index contributed by atoms with van der Waals surface area (Å²) in [5, 5.41) is 0. The minimum atomic E-state index is 0.693. The highest BCUT2D eigenvalue weighted by Crippen LogP contribution is 2.17. The molecule has 0 atom stereocenters. The first-order chi connectivity index (χ1) is 7.26. The number of imidazole rings is 1. The Kier molecular flexibility index (Phi) is 2.33. The predicted molar refractivity (Wildman–Crippen MR) is 60.3 cm³/mol. The van der Waals surface area contributed by atoms with Crippen molar-refractivity contribution in [3.63, 3.8) is 0 Å². The van der Waals surface area contributed by atoms with Gasteiger partial charge in [0.2, 0.25) is 0 Å². The van der Waals surface area contributed by atoms with Crippen LogP contribution in [0.3, 0.4) is 0 Å². The van der Waals surface area contributed by atoms with Crippen LogP contribution in [0, 0.1) is 6.92 Å². The fourth-order valence-corrected chi connectivity index (χ4v) is 1.43. The van der Waals surface area contributed by atoms with Gasteiger partial charge in [0.15, 0.2) is 5.65 Å². The highest BCUT2D eigenvalue weighted by Gasteiger charge is 2.07. The summed E-state index contributed by atoms with van der Waals surface area (Å²) >= 11 is 0. The van der Waals surface area contributed by atoms with Gasteiger partial charge in [0, 0.05) is 5.57 Å². The zero-order valence-electron chi connectivity index (χ0n) is 8.78. The average Bonchev–Trinajstić information content (AvgIpc) is 2.65. The van der Waals surface area contributed by atoms with E-state index in [1.54, 1.807) is 6.08 Å². The molecule has 76 valence electrons. The monoisotopic (exact) mass is 200 g/mol. The molecule has 0 aliphatic rings. The Morgan fingerprint density at radius 2 is 2.27 bits per heavy atom. The molecule has 2 heterocycles. The summed E-state index contributed by atoms with van der Waals surface area (Å²) in [7, 11) is 0. The van der Waals surface area contributed by atoms with E-state index in [0.717, 1.165) is 22.6 Å². The Bertz CT molecular complexity index is 537. The summed E-state index contributed by atoms with van der Waals surface area (Å²) in [6.45, 7) is 7.61. The van der Waals surface area contributed by atoms with Gasteiger partial charge in [-0.3, -0.25) is 0 Å².